The molecule has 4 aromatic rings. The van der Waals surface area contributed by atoms with Crippen molar-refractivity contribution in [3.63, 3.8) is 0 Å². The normalized spacial score (nSPS) is 10.5. The molecule has 30 heavy (non-hydrogen) atoms. The van der Waals surface area contributed by atoms with Crippen molar-refractivity contribution in [2.24, 2.45) is 0 Å². The molecular formula is C18H13ClFN6OS2Y-. The van der Waals surface area contributed by atoms with Gasteiger partial charge in [0.05, 0.1) is 40.0 Å². The van der Waals surface area contributed by atoms with Crippen LogP contribution in [0.4, 0.5) is 20.9 Å². The van der Waals surface area contributed by atoms with Crippen LogP contribution in [0.5, 0.6) is 0 Å². The van der Waals surface area contributed by atoms with Gasteiger partial charge in [-0.25, -0.2) is 9.37 Å². The number of hydrogen-bond acceptors (Lipinski definition) is 8. The van der Waals surface area contributed by atoms with Crippen molar-refractivity contribution in [2.75, 3.05) is 10.0 Å². The second-order valence-electron chi connectivity index (χ2n) is 5.75. The van der Waals surface area contributed by atoms with E-state index in [1.807, 2.05) is 0 Å². The Bertz CT molecular complexity index is 1110. The molecule has 3 heterocycles. The zero-order valence-corrected chi connectivity index (χ0v) is 20.5. The molecule has 0 saturated carbocycles. The van der Waals surface area contributed by atoms with Crippen LogP contribution < -0.4 is 10.0 Å². The van der Waals surface area contributed by atoms with E-state index in [1.54, 1.807) is 30.9 Å². The second kappa shape index (κ2) is 10.7. The first kappa shape index (κ1) is 23.1. The first-order valence-electron chi connectivity index (χ1n) is 8.25. The Balaban J connectivity index is 0.00000256. The predicted octanol–water partition coefficient (Wildman–Crippen LogP) is 6.40. The fraction of sp³-hybridized carbons (Fsp3) is 0.0556. The van der Waals surface area contributed by atoms with Crippen molar-refractivity contribution in [3.05, 3.63) is 71.6 Å². The number of furan rings is 1. The van der Waals surface area contributed by atoms with Crippen LogP contribution in [0.1, 0.15) is 5.69 Å². The number of benzene rings is 1. The smallest absolute Gasteiger partial charge is 0.212 e. The van der Waals surface area contributed by atoms with E-state index in [4.69, 9.17) is 21.8 Å². The number of nitrogens with zero attached hydrogens (tertiary/aromatic N) is 3. The molecule has 4 rings (SSSR count). The number of anilines is 3. The van der Waals surface area contributed by atoms with Crippen molar-refractivity contribution >= 4 is 51.6 Å². The van der Waals surface area contributed by atoms with Gasteiger partial charge in [-0.2, -0.15) is 4.37 Å². The molecule has 0 aliphatic carbocycles. The Morgan fingerprint density at radius 3 is 2.80 bits per heavy atom. The molecule has 0 saturated heterocycles. The third-order valence-electron chi connectivity index (χ3n) is 3.87. The number of hydrogen-bond donors (Lipinski definition) is 2. The molecule has 3 aromatic heterocycles. The number of rotatable bonds is 7. The van der Waals surface area contributed by atoms with E-state index in [1.165, 1.54) is 30.0 Å². The number of nitrogens with one attached hydrogen (secondary N) is 3. The largest absolute Gasteiger partial charge is 0.672 e. The van der Waals surface area contributed by atoms with Crippen molar-refractivity contribution in [2.45, 2.75) is 11.4 Å². The van der Waals surface area contributed by atoms with Crippen molar-refractivity contribution < 1.29 is 41.5 Å². The summed E-state index contributed by atoms with van der Waals surface area (Å²) in [5.74, 6) is -0.445. The van der Waals surface area contributed by atoms with Crippen LogP contribution in [-0.2, 0) is 39.3 Å². The SMILES string of the molecule is [NH-]Cc1cc(-c2ccoc2)c(Nc2cc(F)c(SNc3ncns3)cc2Cl)cn1.[Y]. The van der Waals surface area contributed by atoms with E-state index in [0.717, 1.165) is 23.1 Å². The predicted molar refractivity (Wildman–Crippen MR) is 114 cm³/mol. The average molecular weight is 537 g/mol. The molecule has 0 bridgehead atoms. The van der Waals surface area contributed by atoms with Crippen LogP contribution in [0, 0.1) is 5.82 Å². The van der Waals surface area contributed by atoms with E-state index in [9.17, 15) is 4.39 Å². The number of halogens is 2. The Morgan fingerprint density at radius 1 is 1.23 bits per heavy atom. The van der Waals surface area contributed by atoms with Crippen molar-refractivity contribution in [3.8, 4) is 11.1 Å². The van der Waals surface area contributed by atoms with E-state index in [0.29, 0.717) is 32.1 Å². The zero-order valence-electron chi connectivity index (χ0n) is 15.2. The fourth-order valence-electron chi connectivity index (χ4n) is 2.52. The first-order valence-corrected chi connectivity index (χ1v) is 10.2. The van der Waals surface area contributed by atoms with Crippen LogP contribution in [0.2, 0.25) is 5.02 Å². The Labute approximate surface area is 210 Å². The van der Waals surface area contributed by atoms with Crippen molar-refractivity contribution in [1.29, 1.82) is 0 Å². The third-order valence-corrected chi connectivity index (χ3v) is 5.72. The van der Waals surface area contributed by atoms with Gasteiger partial charge in [0.1, 0.15) is 12.1 Å². The second-order valence-corrected chi connectivity index (χ2v) is 7.78. The van der Waals surface area contributed by atoms with E-state index in [2.05, 4.69) is 24.4 Å². The molecular weight excluding hydrogens is 524 g/mol. The van der Waals surface area contributed by atoms with E-state index < -0.39 is 5.82 Å². The molecule has 1 aromatic carbocycles. The molecule has 0 aliphatic heterocycles. The topological polar surface area (TPSA) is 99.7 Å². The molecule has 151 valence electrons. The third kappa shape index (κ3) is 5.37. The molecule has 0 atom stereocenters. The fourth-order valence-corrected chi connectivity index (χ4v) is 3.94. The van der Waals surface area contributed by atoms with Crippen molar-refractivity contribution in [1.82, 2.24) is 14.3 Å². The maximum Gasteiger partial charge on any atom is 0.212 e. The first-order chi connectivity index (χ1) is 14.1. The summed E-state index contributed by atoms with van der Waals surface area (Å²) < 4.78 is 26.6. The molecule has 0 amide bonds. The molecule has 0 unspecified atom stereocenters. The molecule has 0 fully saturated rings. The number of pyridine rings is 1. The van der Waals surface area contributed by atoms with E-state index in [-0.39, 0.29) is 39.3 Å². The van der Waals surface area contributed by atoms with Gasteiger partial charge in [-0.3, -0.25) is 4.98 Å². The van der Waals surface area contributed by atoms with Crippen LogP contribution in [0.25, 0.3) is 16.9 Å². The molecule has 0 spiro atoms. The minimum absolute atomic E-state index is 0. The molecule has 12 heteroatoms. The summed E-state index contributed by atoms with van der Waals surface area (Å²) in [4.78, 5) is 8.56. The van der Waals surface area contributed by atoms with Crippen LogP contribution in [0.15, 0.2) is 58.6 Å². The van der Waals surface area contributed by atoms with Crippen LogP contribution >= 0.6 is 35.1 Å². The summed E-state index contributed by atoms with van der Waals surface area (Å²) >= 11 is 8.62. The van der Waals surface area contributed by atoms with E-state index >= 15 is 0 Å². The molecule has 3 N–H and O–H groups in total. The van der Waals surface area contributed by atoms with Gasteiger partial charge in [0.15, 0.2) is 0 Å². The van der Waals surface area contributed by atoms with Gasteiger partial charge in [0.25, 0.3) is 0 Å². The minimum atomic E-state index is -0.445. The maximum atomic E-state index is 14.6. The van der Waals surface area contributed by atoms with Gasteiger partial charge in [-0.1, -0.05) is 11.6 Å². The summed E-state index contributed by atoms with van der Waals surface area (Å²) in [5, 5.41) is 4.04. The standard InChI is InChI=1S/C18H13ClFN6OS2.Y/c19-13-4-17(28-26-18-23-9-24-29-18)14(20)5-15(13)25-16-7-22-11(6-21)3-12(16)10-1-2-27-8-10;/h1-5,7-9,21,25H,6H2,(H,23,24,26);/q-1;. The van der Waals surface area contributed by atoms with Gasteiger partial charge in [0.2, 0.25) is 5.13 Å². The number of aromatic nitrogens is 3. The summed E-state index contributed by atoms with van der Waals surface area (Å²) in [6.07, 6.45) is 6.17. The quantitative estimate of drug-likeness (QED) is 0.264. The average Bonchev–Trinajstić information content (AvgIpc) is 3.44. The van der Waals surface area contributed by atoms with Gasteiger partial charge < -0.3 is 20.2 Å². The minimum Gasteiger partial charge on any atom is -0.672 e. The van der Waals surface area contributed by atoms with Gasteiger partial charge in [0, 0.05) is 67.1 Å². The Morgan fingerprint density at radius 2 is 2.10 bits per heavy atom. The Hall–Kier alpha value is -1.56. The monoisotopic (exact) mass is 536 g/mol. The summed E-state index contributed by atoms with van der Waals surface area (Å²) in [7, 11) is 0. The Kier molecular flexibility index (Phi) is 8.21. The van der Waals surface area contributed by atoms with Gasteiger partial charge in [-0.15, -0.1) is 6.54 Å². The zero-order chi connectivity index (χ0) is 20.2. The maximum absolute atomic E-state index is 14.6. The van der Waals surface area contributed by atoms with Crippen LogP contribution in [0.3, 0.4) is 0 Å². The van der Waals surface area contributed by atoms with Gasteiger partial charge in [-0.05, 0) is 30.1 Å². The molecule has 1 radical (unpaired) electrons. The molecule has 7 nitrogen and oxygen atoms in total. The summed E-state index contributed by atoms with van der Waals surface area (Å²) in [5.41, 5.74) is 10.8. The van der Waals surface area contributed by atoms with Crippen LogP contribution in [-0.4, -0.2) is 14.3 Å². The van der Waals surface area contributed by atoms with Gasteiger partial charge >= 0.3 is 0 Å². The summed E-state index contributed by atoms with van der Waals surface area (Å²) in [6.45, 7) is 0.0497. The molecule has 0 aliphatic rings. The summed E-state index contributed by atoms with van der Waals surface area (Å²) in [6, 6.07) is 6.45.